The Bertz CT molecular complexity index is 1470. The van der Waals surface area contributed by atoms with E-state index in [0.29, 0.717) is 50.4 Å². The molecule has 14 nitrogen and oxygen atoms in total. The molecule has 0 bridgehead atoms. The first-order chi connectivity index (χ1) is 26.6. The van der Waals surface area contributed by atoms with Gasteiger partial charge < -0.3 is 38.9 Å². The summed E-state index contributed by atoms with van der Waals surface area (Å²) in [5.41, 5.74) is 5.10. The molecule has 57 heavy (non-hydrogen) atoms. The minimum Gasteiger partial charge on any atom is -0.493 e. The molecule has 1 saturated heterocycles. The van der Waals surface area contributed by atoms with Crippen LogP contribution in [0, 0.1) is 29.1 Å². The molecule has 14 heteroatoms. The summed E-state index contributed by atoms with van der Waals surface area (Å²) in [5, 5.41) is 0. The highest BCUT2D eigenvalue weighted by Gasteiger charge is 2.43. The number of Topliss-reactive ketones (excluding diaryl/α,β-unsaturated/α-hetero) is 1. The number of benzene rings is 1. The lowest BCUT2D eigenvalue weighted by atomic mass is 9.78. The van der Waals surface area contributed by atoms with Crippen molar-refractivity contribution in [2.75, 3.05) is 34.2 Å². The summed E-state index contributed by atoms with van der Waals surface area (Å²) in [6.07, 6.45) is -0.158. The van der Waals surface area contributed by atoms with Crippen LogP contribution in [0.2, 0.25) is 0 Å². The molecular weight excluding hydrogens is 736 g/mol. The van der Waals surface area contributed by atoms with E-state index in [1.165, 1.54) is 11.8 Å². The highest BCUT2D eigenvalue weighted by molar-refractivity contribution is 5.84. The second-order valence-electron chi connectivity index (χ2n) is 17.3. The minimum atomic E-state index is -1.25. The van der Waals surface area contributed by atoms with E-state index < -0.39 is 59.3 Å². The van der Waals surface area contributed by atoms with Crippen LogP contribution in [0.5, 0.6) is 11.5 Å². The Morgan fingerprint density at radius 2 is 1.53 bits per heavy atom. The zero-order chi connectivity index (χ0) is 43.1. The van der Waals surface area contributed by atoms with Crippen LogP contribution in [0.4, 0.5) is 4.79 Å². The van der Waals surface area contributed by atoms with E-state index in [1.54, 1.807) is 48.8 Å². The molecule has 0 aliphatic carbocycles. The monoisotopic (exact) mass is 806 g/mol. The largest absolute Gasteiger partial charge is 0.493 e. The van der Waals surface area contributed by atoms with E-state index in [4.69, 9.17) is 38.9 Å². The molecule has 5 atom stereocenters. The van der Waals surface area contributed by atoms with Gasteiger partial charge in [-0.15, -0.1) is 0 Å². The Kier molecular flexibility index (Phi) is 19.8. The van der Waals surface area contributed by atoms with Gasteiger partial charge in [0.2, 0.25) is 12.2 Å². The average Bonchev–Trinajstić information content (AvgIpc) is 3.51. The number of esters is 2. The zero-order valence-corrected chi connectivity index (χ0v) is 36.5. The molecule has 1 heterocycles. The summed E-state index contributed by atoms with van der Waals surface area (Å²) in [4.78, 5) is 65.7. The van der Waals surface area contributed by atoms with Crippen molar-refractivity contribution in [1.29, 1.82) is 0 Å². The molecule has 1 aliphatic rings. The average molecular weight is 807 g/mol. The van der Waals surface area contributed by atoms with Crippen LogP contribution in [0.1, 0.15) is 120 Å². The lowest BCUT2D eigenvalue weighted by molar-refractivity contribution is -0.169. The summed E-state index contributed by atoms with van der Waals surface area (Å²) in [7, 11) is 3.25. The topological polar surface area (TPSA) is 179 Å². The molecule has 2 amide bonds. The summed E-state index contributed by atoms with van der Waals surface area (Å²) >= 11 is 0. The lowest BCUT2D eigenvalue weighted by Crippen LogP contribution is -2.44. The molecule has 324 valence electrons. The van der Waals surface area contributed by atoms with Gasteiger partial charge in [-0.3, -0.25) is 24.1 Å². The Hall–Kier alpha value is -3.91. The summed E-state index contributed by atoms with van der Waals surface area (Å²) in [6.45, 7) is 19.3. The minimum absolute atomic E-state index is 0.00582. The van der Waals surface area contributed by atoms with Gasteiger partial charge in [-0.2, -0.15) is 0 Å². The SMILES string of the molecule is COCCCOc1cc(C[C@@H](C[C@H]2[C@H](C[C@H](C(=O)CCC(C)(C)C(N)=O)C(C)C)OCN2C(=O)OC(C)OC(=O)CCC(=O)OC(C)(C)C)C(C)C)ccc1OC. The number of hydrogen-bond donors (Lipinski definition) is 1. The van der Waals surface area contributed by atoms with Crippen LogP contribution in [0.15, 0.2) is 18.2 Å². The first-order valence-corrected chi connectivity index (χ1v) is 20.2. The van der Waals surface area contributed by atoms with E-state index >= 15 is 0 Å². The molecule has 1 fully saturated rings. The van der Waals surface area contributed by atoms with E-state index in [0.717, 1.165) is 12.0 Å². The van der Waals surface area contributed by atoms with Crippen LogP contribution >= 0.6 is 0 Å². The van der Waals surface area contributed by atoms with Gasteiger partial charge in [-0.05, 0) is 81.9 Å². The van der Waals surface area contributed by atoms with Crippen LogP contribution in [-0.4, -0.2) is 92.8 Å². The molecule has 1 unspecified atom stereocenters. The van der Waals surface area contributed by atoms with Crippen molar-refractivity contribution < 1.29 is 57.1 Å². The van der Waals surface area contributed by atoms with Crippen LogP contribution < -0.4 is 15.2 Å². The Morgan fingerprint density at radius 1 is 0.860 bits per heavy atom. The standard InChI is InChI=1S/C43H70N2O12/c1-27(2)31(22-30-14-15-35(52-12)37(23-30)53-21-13-20-51-11)24-33-36(25-32(28(3)4)34(46)18-19-43(9,10)40(44)49)54-26-45(33)41(50)56-29(5)55-38(47)16-17-39(48)57-42(6,7)8/h14-15,23,27-29,31-33,36H,13,16-22,24-26H2,1-12H3,(H2,44,49)/t29?,31-,32-,33-,36-/m0/s1. The lowest BCUT2D eigenvalue weighted by Gasteiger charge is -2.33. The van der Waals surface area contributed by atoms with Gasteiger partial charge in [0, 0.05) is 44.8 Å². The molecule has 0 aromatic heterocycles. The number of carbonyl (C=O) groups excluding carboxylic acids is 5. The zero-order valence-electron chi connectivity index (χ0n) is 36.5. The summed E-state index contributed by atoms with van der Waals surface area (Å²) in [6, 6.07) is 5.39. The van der Waals surface area contributed by atoms with Crippen LogP contribution in [0.3, 0.4) is 0 Å². The number of rotatable bonds is 24. The third kappa shape index (κ3) is 16.8. The van der Waals surface area contributed by atoms with Crippen molar-refractivity contribution in [2.45, 2.75) is 145 Å². The van der Waals surface area contributed by atoms with Crippen molar-refractivity contribution in [3.05, 3.63) is 23.8 Å². The number of carbonyl (C=O) groups is 5. The van der Waals surface area contributed by atoms with Gasteiger partial charge in [0.15, 0.2) is 11.5 Å². The summed E-state index contributed by atoms with van der Waals surface area (Å²) < 4.78 is 39.3. The number of nitrogens with two attached hydrogens (primary N) is 1. The van der Waals surface area contributed by atoms with E-state index in [1.807, 2.05) is 32.0 Å². The molecule has 0 spiro atoms. The van der Waals surface area contributed by atoms with Crippen molar-refractivity contribution >= 4 is 29.7 Å². The van der Waals surface area contributed by atoms with Gasteiger partial charge in [-0.1, -0.05) is 47.6 Å². The normalized spacial score (nSPS) is 17.5. The van der Waals surface area contributed by atoms with Gasteiger partial charge in [-0.25, -0.2) is 4.79 Å². The smallest absolute Gasteiger partial charge is 0.415 e. The Labute approximate surface area is 340 Å². The predicted molar refractivity (Wildman–Crippen MR) is 214 cm³/mol. The molecule has 2 rings (SSSR count). The quantitative estimate of drug-likeness (QED) is 0.0643. The molecule has 2 N–H and O–H groups in total. The third-order valence-electron chi connectivity index (χ3n) is 10.3. The van der Waals surface area contributed by atoms with E-state index in [9.17, 15) is 24.0 Å². The fraction of sp³-hybridized carbons (Fsp3) is 0.744. The van der Waals surface area contributed by atoms with Gasteiger partial charge in [0.05, 0.1) is 38.7 Å². The van der Waals surface area contributed by atoms with Crippen LogP contribution in [0.25, 0.3) is 0 Å². The van der Waals surface area contributed by atoms with E-state index in [2.05, 4.69) is 13.8 Å². The number of ether oxygens (including phenoxy) is 7. The van der Waals surface area contributed by atoms with Crippen molar-refractivity contribution in [3.63, 3.8) is 0 Å². The fourth-order valence-corrected chi connectivity index (χ4v) is 6.67. The molecule has 0 saturated carbocycles. The number of methoxy groups -OCH3 is 2. The van der Waals surface area contributed by atoms with E-state index in [-0.39, 0.29) is 49.5 Å². The van der Waals surface area contributed by atoms with Crippen molar-refractivity contribution in [2.24, 2.45) is 34.8 Å². The number of hydrogen-bond acceptors (Lipinski definition) is 12. The second-order valence-corrected chi connectivity index (χ2v) is 17.3. The number of ketones is 1. The van der Waals surface area contributed by atoms with Crippen molar-refractivity contribution in [1.82, 2.24) is 4.90 Å². The maximum absolute atomic E-state index is 13.8. The predicted octanol–water partition coefficient (Wildman–Crippen LogP) is 7.01. The second kappa shape index (κ2) is 22.9. The number of amides is 2. The highest BCUT2D eigenvalue weighted by Crippen LogP contribution is 2.37. The first-order valence-electron chi connectivity index (χ1n) is 20.2. The van der Waals surface area contributed by atoms with Gasteiger partial charge in [0.25, 0.3) is 0 Å². The molecule has 1 aliphatic heterocycles. The Morgan fingerprint density at radius 3 is 2.11 bits per heavy atom. The highest BCUT2D eigenvalue weighted by atomic mass is 16.7. The third-order valence-corrected chi connectivity index (χ3v) is 10.3. The van der Waals surface area contributed by atoms with Crippen LogP contribution in [-0.2, 0) is 49.3 Å². The molecule has 1 aromatic rings. The maximum atomic E-state index is 13.8. The molecular formula is C43H70N2O12. The first kappa shape index (κ1) is 49.2. The van der Waals surface area contributed by atoms with Gasteiger partial charge >= 0.3 is 18.0 Å². The van der Waals surface area contributed by atoms with Crippen molar-refractivity contribution in [3.8, 4) is 11.5 Å². The molecule has 0 radical (unpaired) electrons. The maximum Gasteiger partial charge on any atom is 0.415 e. The molecule has 1 aromatic carbocycles. The number of nitrogens with zero attached hydrogens (tertiary/aromatic N) is 1. The number of primary amides is 1. The van der Waals surface area contributed by atoms with Gasteiger partial charge in [0.1, 0.15) is 18.1 Å². The Balaban J connectivity index is 2.34. The summed E-state index contributed by atoms with van der Waals surface area (Å²) in [5.74, 6) is -0.666. The fourth-order valence-electron chi connectivity index (χ4n) is 6.67.